The number of nitrogens with zero attached hydrogens (tertiary/aromatic N) is 4. The maximum Gasteiger partial charge on any atom is 0.328 e. The van der Waals surface area contributed by atoms with Crippen molar-refractivity contribution in [1.82, 2.24) is 15.0 Å². The molecule has 1 heterocycles. The van der Waals surface area contributed by atoms with Crippen LogP contribution in [0.25, 0.3) is 6.08 Å². The Morgan fingerprint density at radius 2 is 1.68 bits per heavy atom. The van der Waals surface area contributed by atoms with Gasteiger partial charge in [0.05, 0.1) is 11.6 Å². The summed E-state index contributed by atoms with van der Waals surface area (Å²) < 4.78 is 5.98. The van der Waals surface area contributed by atoms with E-state index in [1.54, 1.807) is 37.4 Å². The van der Waals surface area contributed by atoms with Crippen molar-refractivity contribution < 1.29 is 4.74 Å². The number of aryl methyl sites for hydroxylation is 2. The number of benzene rings is 2. The van der Waals surface area contributed by atoms with Gasteiger partial charge in [0.2, 0.25) is 11.9 Å². The first-order chi connectivity index (χ1) is 13.5. The molecule has 0 saturated heterocycles. The van der Waals surface area contributed by atoms with E-state index in [0.29, 0.717) is 23.2 Å². The molecule has 0 aliphatic heterocycles. The van der Waals surface area contributed by atoms with Crippen molar-refractivity contribution in [1.29, 1.82) is 5.26 Å². The Labute approximate surface area is 163 Å². The minimum absolute atomic E-state index is 0.174. The highest BCUT2D eigenvalue weighted by Gasteiger charge is 2.12. The molecular weight excluding hydrogens is 352 g/mol. The Morgan fingerprint density at radius 1 is 1.04 bits per heavy atom. The van der Waals surface area contributed by atoms with Gasteiger partial charge >= 0.3 is 6.01 Å². The SMILES string of the molecule is C=Cc1cc(C)c(Oc2nc(NC)nc(Nc3ccc(C#N)cc3)n2)c(C)c1. The number of nitrogens with one attached hydrogen (secondary N) is 2. The van der Waals surface area contributed by atoms with Gasteiger partial charge in [-0.05, 0) is 66.9 Å². The Kier molecular flexibility index (Phi) is 5.51. The van der Waals surface area contributed by atoms with Crippen molar-refractivity contribution in [2.45, 2.75) is 13.8 Å². The molecule has 28 heavy (non-hydrogen) atoms. The third kappa shape index (κ3) is 4.24. The molecule has 0 aliphatic carbocycles. The van der Waals surface area contributed by atoms with Crippen molar-refractivity contribution >= 4 is 23.7 Å². The van der Waals surface area contributed by atoms with Gasteiger partial charge in [-0.1, -0.05) is 12.7 Å². The summed E-state index contributed by atoms with van der Waals surface area (Å²) in [5.41, 5.74) is 4.28. The second kappa shape index (κ2) is 8.18. The largest absolute Gasteiger partial charge is 0.424 e. The van der Waals surface area contributed by atoms with E-state index in [0.717, 1.165) is 22.4 Å². The number of rotatable bonds is 6. The predicted molar refractivity (Wildman–Crippen MR) is 110 cm³/mol. The normalized spacial score (nSPS) is 10.1. The number of nitriles is 1. The highest BCUT2D eigenvalue weighted by molar-refractivity contribution is 5.57. The van der Waals surface area contributed by atoms with E-state index in [-0.39, 0.29) is 6.01 Å². The number of anilines is 3. The minimum atomic E-state index is 0.174. The number of hydrogen-bond acceptors (Lipinski definition) is 7. The summed E-state index contributed by atoms with van der Waals surface area (Å²) in [4.78, 5) is 12.9. The second-order valence-corrected chi connectivity index (χ2v) is 6.12. The fourth-order valence-corrected chi connectivity index (χ4v) is 2.68. The van der Waals surface area contributed by atoms with Crippen LogP contribution in [0.15, 0.2) is 43.0 Å². The predicted octanol–water partition coefficient (Wildman–Crippen LogP) is 4.58. The van der Waals surface area contributed by atoms with Gasteiger partial charge in [-0.3, -0.25) is 0 Å². The van der Waals surface area contributed by atoms with Crippen LogP contribution < -0.4 is 15.4 Å². The molecule has 0 unspecified atom stereocenters. The van der Waals surface area contributed by atoms with Gasteiger partial charge < -0.3 is 15.4 Å². The van der Waals surface area contributed by atoms with Gasteiger partial charge in [-0.25, -0.2) is 0 Å². The van der Waals surface area contributed by atoms with Crippen molar-refractivity contribution in [3.63, 3.8) is 0 Å². The van der Waals surface area contributed by atoms with Crippen LogP contribution >= 0.6 is 0 Å². The quantitative estimate of drug-likeness (QED) is 0.654. The second-order valence-electron chi connectivity index (χ2n) is 6.12. The summed E-state index contributed by atoms with van der Waals surface area (Å²) in [6, 6.07) is 13.2. The Bertz CT molecular complexity index is 1030. The lowest BCUT2D eigenvalue weighted by Crippen LogP contribution is -2.06. The van der Waals surface area contributed by atoms with Crippen molar-refractivity contribution in [3.8, 4) is 17.8 Å². The highest BCUT2D eigenvalue weighted by Crippen LogP contribution is 2.29. The molecular formula is C21H20N6O. The smallest absolute Gasteiger partial charge is 0.328 e. The standard InChI is InChI=1S/C21H20N6O/c1-5-15-10-13(2)18(14(3)11-15)28-21-26-19(23-4)25-20(27-21)24-17-8-6-16(12-22)7-9-17/h5-11H,1H2,2-4H3,(H2,23,24,25,26,27). The third-order valence-corrected chi connectivity index (χ3v) is 4.02. The number of ether oxygens (including phenoxy) is 1. The Hall–Kier alpha value is -3.92. The van der Waals surface area contributed by atoms with E-state index in [4.69, 9.17) is 10.00 Å². The molecule has 0 fully saturated rings. The van der Waals surface area contributed by atoms with Crippen molar-refractivity contribution in [3.05, 3.63) is 65.2 Å². The molecule has 0 radical (unpaired) electrons. The van der Waals surface area contributed by atoms with Gasteiger partial charge in [0, 0.05) is 12.7 Å². The molecule has 2 N–H and O–H groups in total. The van der Waals surface area contributed by atoms with Crippen LogP contribution in [0, 0.1) is 25.2 Å². The fraction of sp³-hybridized carbons (Fsp3) is 0.143. The topological polar surface area (TPSA) is 95.8 Å². The monoisotopic (exact) mass is 372 g/mol. The average molecular weight is 372 g/mol. The van der Waals surface area contributed by atoms with E-state index in [1.165, 1.54) is 0 Å². The van der Waals surface area contributed by atoms with Gasteiger partial charge in [0.25, 0.3) is 0 Å². The van der Waals surface area contributed by atoms with E-state index in [1.807, 2.05) is 26.0 Å². The zero-order chi connectivity index (χ0) is 20.1. The van der Waals surface area contributed by atoms with Crippen LogP contribution in [0.3, 0.4) is 0 Å². The lowest BCUT2D eigenvalue weighted by molar-refractivity contribution is 0.435. The molecule has 7 heteroatoms. The maximum absolute atomic E-state index is 8.91. The molecule has 140 valence electrons. The molecule has 2 aromatic carbocycles. The van der Waals surface area contributed by atoms with Crippen LogP contribution in [-0.2, 0) is 0 Å². The van der Waals surface area contributed by atoms with E-state index in [2.05, 4.69) is 38.2 Å². The zero-order valence-corrected chi connectivity index (χ0v) is 15.9. The molecule has 3 rings (SSSR count). The van der Waals surface area contributed by atoms with Crippen molar-refractivity contribution in [2.75, 3.05) is 17.7 Å². The number of aromatic nitrogens is 3. The van der Waals surface area contributed by atoms with Crippen LogP contribution in [0.4, 0.5) is 17.6 Å². The molecule has 3 aromatic rings. The van der Waals surface area contributed by atoms with Crippen LogP contribution in [-0.4, -0.2) is 22.0 Å². The van der Waals surface area contributed by atoms with Crippen LogP contribution in [0.5, 0.6) is 11.8 Å². The molecule has 0 atom stereocenters. The molecule has 0 aliphatic rings. The first-order valence-corrected chi connectivity index (χ1v) is 8.65. The summed E-state index contributed by atoms with van der Waals surface area (Å²) in [6.45, 7) is 7.73. The average Bonchev–Trinajstić information content (AvgIpc) is 2.70. The molecule has 7 nitrogen and oxygen atoms in total. The highest BCUT2D eigenvalue weighted by atomic mass is 16.5. The summed E-state index contributed by atoms with van der Waals surface area (Å²) in [6.07, 6.45) is 1.80. The van der Waals surface area contributed by atoms with E-state index < -0.39 is 0 Å². The molecule has 1 aromatic heterocycles. The van der Waals surface area contributed by atoms with Gasteiger partial charge in [0.1, 0.15) is 5.75 Å². The Balaban J connectivity index is 1.91. The van der Waals surface area contributed by atoms with Gasteiger partial charge in [-0.15, -0.1) is 0 Å². The lowest BCUT2D eigenvalue weighted by atomic mass is 10.1. The maximum atomic E-state index is 8.91. The molecule has 0 spiro atoms. The lowest BCUT2D eigenvalue weighted by Gasteiger charge is -2.13. The number of hydrogen-bond donors (Lipinski definition) is 2. The summed E-state index contributed by atoms with van der Waals surface area (Å²) in [5.74, 6) is 1.40. The Morgan fingerprint density at radius 3 is 2.25 bits per heavy atom. The van der Waals surface area contributed by atoms with Crippen LogP contribution in [0.1, 0.15) is 22.3 Å². The molecule has 0 amide bonds. The van der Waals surface area contributed by atoms with Crippen LogP contribution in [0.2, 0.25) is 0 Å². The minimum Gasteiger partial charge on any atom is -0.424 e. The molecule has 0 bridgehead atoms. The summed E-state index contributed by atoms with van der Waals surface area (Å²) in [7, 11) is 1.72. The first-order valence-electron chi connectivity index (χ1n) is 8.65. The first kappa shape index (κ1) is 18.9. The van der Waals surface area contributed by atoms with E-state index in [9.17, 15) is 0 Å². The van der Waals surface area contributed by atoms with Gasteiger partial charge in [-0.2, -0.15) is 20.2 Å². The molecule has 0 saturated carbocycles. The zero-order valence-electron chi connectivity index (χ0n) is 15.9. The van der Waals surface area contributed by atoms with E-state index >= 15 is 0 Å². The van der Waals surface area contributed by atoms with Crippen molar-refractivity contribution in [2.24, 2.45) is 0 Å². The van der Waals surface area contributed by atoms with Gasteiger partial charge in [0.15, 0.2) is 0 Å². The summed E-state index contributed by atoms with van der Waals surface area (Å²) in [5, 5.41) is 14.9. The third-order valence-electron chi connectivity index (χ3n) is 4.02. The fourth-order valence-electron chi connectivity index (χ4n) is 2.68. The summed E-state index contributed by atoms with van der Waals surface area (Å²) >= 11 is 0.